The number of carboxylic acid groups (broad SMARTS) is 1. The third kappa shape index (κ3) is 2.81. The maximum absolute atomic E-state index is 11.9. The largest absolute Gasteiger partial charge is 0.478 e. The van der Waals surface area contributed by atoms with Crippen molar-refractivity contribution in [3.8, 4) is 0 Å². The molecule has 0 aliphatic heterocycles. The van der Waals surface area contributed by atoms with Crippen molar-refractivity contribution in [1.82, 2.24) is 14.9 Å². The molecule has 1 fully saturated rings. The van der Waals surface area contributed by atoms with Crippen LogP contribution in [-0.4, -0.2) is 32.6 Å². The molecule has 0 saturated heterocycles. The number of aromatic amines is 1. The van der Waals surface area contributed by atoms with E-state index in [1.54, 1.807) is 6.07 Å². The molecular weight excluding hydrogens is 274 g/mol. The zero-order chi connectivity index (χ0) is 15.0. The number of rotatable bonds is 5. The van der Waals surface area contributed by atoms with Crippen LogP contribution < -0.4 is 11.0 Å². The summed E-state index contributed by atoms with van der Waals surface area (Å²) in [6, 6.07) is 4.72. The van der Waals surface area contributed by atoms with Crippen LogP contribution in [-0.2, 0) is 11.3 Å². The minimum Gasteiger partial charge on any atom is -0.478 e. The number of carboxylic acids is 1. The minimum atomic E-state index is -1.05. The smallest absolute Gasteiger partial charge is 0.335 e. The average molecular weight is 289 g/mol. The van der Waals surface area contributed by atoms with Crippen molar-refractivity contribution in [3.05, 3.63) is 34.2 Å². The van der Waals surface area contributed by atoms with Gasteiger partial charge in [0.2, 0.25) is 5.91 Å². The molecule has 1 aliphatic rings. The van der Waals surface area contributed by atoms with Crippen LogP contribution in [0.25, 0.3) is 11.0 Å². The Morgan fingerprint density at radius 1 is 1.38 bits per heavy atom. The number of hydrogen-bond donors (Lipinski definition) is 3. The van der Waals surface area contributed by atoms with Crippen LogP contribution in [0.2, 0.25) is 0 Å². The molecule has 1 amide bonds. The first-order valence-electron chi connectivity index (χ1n) is 6.80. The second-order valence-corrected chi connectivity index (χ2v) is 5.21. The van der Waals surface area contributed by atoms with E-state index in [0.29, 0.717) is 11.0 Å². The summed E-state index contributed by atoms with van der Waals surface area (Å²) in [6.07, 6.45) is 2.22. The van der Waals surface area contributed by atoms with Gasteiger partial charge in [0, 0.05) is 19.0 Å². The molecule has 1 heterocycles. The molecule has 7 heteroatoms. The molecule has 2 aromatic rings. The molecule has 3 N–H and O–H groups in total. The van der Waals surface area contributed by atoms with Gasteiger partial charge in [0.05, 0.1) is 16.6 Å². The molecule has 0 unspecified atom stereocenters. The molecule has 1 saturated carbocycles. The van der Waals surface area contributed by atoms with Gasteiger partial charge in [0.25, 0.3) is 0 Å². The number of nitrogens with zero attached hydrogens (tertiary/aromatic N) is 1. The van der Waals surface area contributed by atoms with Gasteiger partial charge in [-0.15, -0.1) is 0 Å². The van der Waals surface area contributed by atoms with E-state index in [4.69, 9.17) is 5.11 Å². The highest BCUT2D eigenvalue weighted by Crippen LogP contribution is 2.19. The number of imidazole rings is 1. The van der Waals surface area contributed by atoms with Gasteiger partial charge in [-0.25, -0.2) is 9.59 Å². The molecule has 0 radical (unpaired) electrons. The van der Waals surface area contributed by atoms with E-state index < -0.39 is 5.97 Å². The predicted octanol–water partition coefficient (Wildman–Crippen LogP) is 0.696. The van der Waals surface area contributed by atoms with E-state index in [-0.39, 0.29) is 36.2 Å². The summed E-state index contributed by atoms with van der Waals surface area (Å²) in [7, 11) is 0. The van der Waals surface area contributed by atoms with E-state index in [1.807, 2.05) is 0 Å². The first-order chi connectivity index (χ1) is 10.0. The van der Waals surface area contributed by atoms with Gasteiger partial charge in [0.1, 0.15) is 0 Å². The highest BCUT2D eigenvalue weighted by Gasteiger charge is 2.23. The third-order valence-electron chi connectivity index (χ3n) is 3.53. The van der Waals surface area contributed by atoms with Gasteiger partial charge >= 0.3 is 11.7 Å². The Bertz CT molecular complexity index is 770. The number of H-pyrrole nitrogens is 1. The summed E-state index contributed by atoms with van der Waals surface area (Å²) in [5.41, 5.74) is 0.830. The minimum absolute atomic E-state index is 0.0897. The summed E-state index contributed by atoms with van der Waals surface area (Å²) in [4.78, 5) is 37.2. The first kappa shape index (κ1) is 13.4. The van der Waals surface area contributed by atoms with Crippen LogP contribution in [0, 0.1) is 0 Å². The van der Waals surface area contributed by atoms with E-state index in [1.165, 1.54) is 16.7 Å². The van der Waals surface area contributed by atoms with Crippen LogP contribution in [0.4, 0.5) is 0 Å². The quantitative estimate of drug-likeness (QED) is 0.753. The van der Waals surface area contributed by atoms with E-state index >= 15 is 0 Å². The Labute approximate surface area is 119 Å². The van der Waals surface area contributed by atoms with Crippen molar-refractivity contribution in [2.75, 3.05) is 0 Å². The van der Waals surface area contributed by atoms with Gasteiger partial charge < -0.3 is 15.4 Å². The predicted molar refractivity (Wildman–Crippen MR) is 75.3 cm³/mol. The topological polar surface area (TPSA) is 104 Å². The molecule has 0 spiro atoms. The Hall–Kier alpha value is -2.57. The van der Waals surface area contributed by atoms with E-state index in [9.17, 15) is 14.4 Å². The highest BCUT2D eigenvalue weighted by molar-refractivity contribution is 5.92. The Kier molecular flexibility index (Phi) is 3.25. The fraction of sp³-hybridized carbons (Fsp3) is 0.357. The maximum Gasteiger partial charge on any atom is 0.335 e. The molecule has 1 aliphatic carbocycles. The highest BCUT2D eigenvalue weighted by atomic mass is 16.4. The first-order valence-corrected chi connectivity index (χ1v) is 6.80. The van der Waals surface area contributed by atoms with E-state index in [0.717, 1.165) is 12.8 Å². The number of benzene rings is 1. The number of aryl methyl sites for hydroxylation is 1. The van der Waals surface area contributed by atoms with Crippen LogP contribution in [0.5, 0.6) is 0 Å². The number of nitrogens with one attached hydrogen (secondary N) is 2. The van der Waals surface area contributed by atoms with Crippen molar-refractivity contribution < 1.29 is 14.7 Å². The standard InChI is InChI=1S/C14H15N3O4/c18-12(15-9-2-3-9)5-6-17-11-7-8(13(19)20)1-4-10(11)16-14(17)21/h1,4,7,9H,2-3,5-6H2,(H,15,18)(H,16,21)(H,19,20). The number of amides is 1. The lowest BCUT2D eigenvalue weighted by Gasteiger charge is -2.05. The third-order valence-corrected chi connectivity index (χ3v) is 3.53. The van der Waals surface area contributed by atoms with Crippen LogP contribution in [0.15, 0.2) is 23.0 Å². The molecule has 0 atom stereocenters. The molecule has 110 valence electrons. The van der Waals surface area contributed by atoms with Crippen molar-refractivity contribution >= 4 is 22.9 Å². The van der Waals surface area contributed by atoms with E-state index in [2.05, 4.69) is 10.3 Å². The summed E-state index contributed by atoms with van der Waals surface area (Å²) in [5, 5.41) is 11.9. The SMILES string of the molecule is O=C(CCn1c(=O)[nH]c2ccc(C(=O)O)cc21)NC1CC1. The molecule has 1 aromatic heterocycles. The Balaban J connectivity index is 1.84. The molecule has 3 rings (SSSR count). The second kappa shape index (κ2) is 5.08. The van der Waals surface area contributed by atoms with Crippen molar-refractivity contribution in [2.45, 2.75) is 31.8 Å². The molecule has 1 aromatic carbocycles. The van der Waals surface area contributed by atoms with Crippen LogP contribution in [0.1, 0.15) is 29.6 Å². The van der Waals surface area contributed by atoms with Gasteiger partial charge in [-0.2, -0.15) is 0 Å². The Morgan fingerprint density at radius 3 is 2.81 bits per heavy atom. The number of carbonyl (C=O) groups is 2. The average Bonchev–Trinajstić information content (AvgIpc) is 3.18. The summed E-state index contributed by atoms with van der Waals surface area (Å²) >= 11 is 0. The number of aromatic nitrogens is 2. The Morgan fingerprint density at radius 2 is 2.14 bits per heavy atom. The lowest BCUT2D eigenvalue weighted by atomic mass is 10.2. The zero-order valence-electron chi connectivity index (χ0n) is 11.3. The monoisotopic (exact) mass is 289 g/mol. The van der Waals surface area contributed by atoms with Crippen LogP contribution in [0.3, 0.4) is 0 Å². The van der Waals surface area contributed by atoms with Crippen molar-refractivity contribution in [3.63, 3.8) is 0 Å². The van der Waals surface area contributed by atoms with Gasteiger partial charge in [-0.05, 0) is 31.0 Å². The lowest BCUT2D eigenvalue weighted by molar-refractivity contribution is -0.121. The summed E-state index contributed by atoms with van der Waals surface area (Å²) < 4.78 is 1.40. The van der Waals surface area contributed by atoms with Crippen molar-refractivity contribution in [1.29, 1.82) is 0 Å². The molecular formula is C14H15N3O4. The van der Waals surface area contributed by atoms with Crippen molar-refractivity contribution in [2.24, 2.45) is 0 Å². The maximum atomic E-state index is 11.9. The lowest BCUT2D eigenvalue weighted by Crippen LogP contribution is -2.28. The number of fused-ring (bicyclic) bond motifs is 1. The fourth-order valence-electron chi connectivity index (χ4n) is 2.25. The summed E-state index contributed by atoms with van der Waals surface area (Å²) in [5.74, 6) is -1.14. The second-order valence-electron chi connectivity index (χ2n) is 5.21. The van der Waals surface area contributed by atoms with Gasteiger partial charge in [-0.3, -0.25) is 9.36 Å². The molecule has 0 bridgehead atoms. The fourth-order valence-corrected chi connectivity index (χ4v) is 2.25. The molecule has 7 nitrogen and oxygen atoms in total. The molecule has 21 heavy (non-hydrogen) atoms. The van der Waals surface area contributed by atoms with Gasteiger partial charge in [-0.1, -0.05) is 0 Å². The zero-order valence-corrected chi connectivity index (χ0v) is 11.3. The van der Waals surface area contributed by atoms with Crippen LogP contribution >= 0.6 is 0 Å². The number of hydrogen-bond acceptors (Lipinski definition) is 3. The summed E-state index contributed by atoms with van der Waals surface area (Å²) in [6.45, 7) is 0.223. The normalized spacial score (nSPS) is 14.3. The van der Waals surface area contributed by atoms with Gasteiger partial charge in [0.15, 0.2) is 0 Å². The number of carbonyl (C=O) groups excluding carboxylic acids is 1. The number of aromatic carboxylic acids is 1.